The average Bonchev–Trinajstić information content (AvgIpc) is 2.62. The van der Waals surface area contributed by atoms with Crippen LogP contribution in [0, 0.1) is 5.92 Å². The first-order valence-electron chi connectivity index (χ1n) is 7.98. The predicted molar refractivity (Wildman–Crippen MR) is 91.4 cm³/mol. The Labute approximate surface area is 144 Å². The van der Waals surface area contributed by atoms with Crippen molar-refractivity contribution in [2.24, 2.45) is 5.92 Å². The molecule has 2 aromatic rings. The lowest BCUT2D eigenvalue weighted by Crippen LogP contribution is -2.47. The molecule has 0 aliphatic rings. The molecule has 0 spiro atoms. The van der Waals surface area contributed by atoms with Gasteiger partial charge >= 0.3 is 11.6 Å². The van der Waals surface area contributed by atoms with Crippen LogP contribution in [0.3, 0.4) is 0 Å². The largest absolute Gasteiger partial charge is 0.484 e. The maximum atomic E-state index is 12.1. The number of benzene rings is 1. The van der Waals surface area contributed by atoms with Gasteiger partial charge in [0.1, 0.15) is 17.4 Å². The van der Waals surface area contributed by atoms with Crippen molar-refractivity contribution in [2.45, 2.75) is 26.3 Å². The number of carbonyl (C=O) groups is 2. The number of fused-ring (bicyclic) bond motifs is 1. The van der Waals surface area contributed by atoms with Crippen molar-refractivity contribution in [3.63, 3.8) is 0 Å². The van der Waals surface area contributed by atoms with Gasteiger partial charge in [0.05, 0.1) is 7.11 Å². The van der Waals surface area contributed by atoms with Gasteiger partial charge in [0.2, 0.25) is 0 Å². The van der Waals surface area contributed by atoms with E-state index in [2.05, 4.69) is 5.32 Å². The fourth-order valence-corrected chi connectivity index (χ4v) is 2.29. The van der Waals surface area contributed by atoms with Gasteiger partial charge in [0.25, 0.3) is 5.91 Å². The van der Waals surface area contributed by atoms with Crippen molar-refractivity contribution >= 4 is 22.8 Å². The summed E-state index contributed by atoms with van der Waals surface area (Å²) >= 11 is 0. The molecule has 134 valence electrons. The Morgan fingerprint density at radius 1 is 1.24 bits per heavy atom. The van der Waals surface area contributed by atoms with E-state index >= 15 is 0 Å². The van der Waals surface area contributed by atoms with Crippen LogP contribution in [0.25, 0.3) is 11.0 Å². The molecule has 7 nitrogen and oxygen atoms in total. The van der Waals surface area contributed by atoms with Crippen molar-refractivity contribution < 1.29 is 23.5 Å². The molecular formula is C18H21NO6. The highest BCUT2D eigenvalue weighted by Gasteiger charge is 2.26. The number of methoxy groups -OCH3 is 1. The Morgan fingerprint density at radius 2 is 1.96 bits per heavy atom. The molecule has 0 aliphatic carbocycles. The predicted octanol–water partition coefficient (Wildman–Crippen LogP) is 1.88. The van der Waals surface area contributed by atoms with Crippen LogP contribution in [0.5, 0.6) is 5.75 Å². The van der Waals surface area contributed by atoms with E-state index in [0.717, 1.165) is 5.39 Å². The third-order valence-corrected chi connectivity index (χ3v) is 3.95. The Morgan fingerprint density at radius 3 is 2.64 bits per heavy atom. The third-order valence-electron chi connectivity index (χ3n) is 3.95. The van der Waals surface area contributed by atoms with Gasteiger partial charge in [-0.2, -0.15) is 0 Å². The van der Waals surface area contributed by atoms with Gasteiger partial charge in [-0.25, -0.2) is 9.59 Å². The lowest BCUT2D eigenvalue weighted by Gasteiger charge is -2.21. The lowest BCUT2D eigenvalue weighted by atomic mass is 9.99. The Kier molecular flexibility index (Phi) is 6.16. The molecule has 1 amide bonds. The van der Waals surface area contributed by atoms with Gasteiger partial charge in [0.15, 0.2) is 6.61 Å². The molecule has 25 heavy (non-hydrogen) atoms. The summed E-state index contributed by atoms with van der Waals surface area (Å²) in [5.74, 6) is -0.609. The molecule has 2 rings (SSSR count). The quantitative estimate of drug-likeness (QED) is 0.607. The number of esters is 1. The second-order valence-electron chi connectivity index (χ2n) is 5.70. The standard InChI is InChI=1S/C18H21NO6/c1-4-11(2)17(18(22)23-3)19-15(20)10-24-13-7-5-12-6-8-16(21)25-14(12)9-13/h5-9,11,17H,4,10H2,1-3H3,(H,19,20)/t11-,17-/m1/s1. The molecule has 0 bridgehead atoms. The topological polar surface area (TPSA) is 94.8 Å². The van der Waals surface area contributed by atoms with Crippen LogP contribution >= 0.6 is 0 Å². The molecule has 1 N–H and O–H groups in total. The molecule has 0 aliphatic heterocycles. The first-order chi connectivity index (χ1) is 11.9. The molecule has 0 radical (unpaired) electrons. The molecule has 0 unspecified atom stereocenters. The first-order valence-corrected chi connectivity index (χ1v) is 7.98. The summed E-state index contributed by atoms with van der Waals surface area (Å²) in [5, 5.41) is 3.37. The second kappa shape index (κ2) is 8.32. The fourth-order valence-electron chi connectivity index (χ4n) is 2.29. The van der Waals surface area contributed by atoms with Crippen LogP contribution in [0.15, 0.2) is 39.5 Å². The minimum Gasteiger partial charge on any atom is -0.484 e. The second-order valence-corrected chi connectivity index (χ2v) is 5.70. The summed E-state index contributed by atoms with van der Waals surface area (Å²) in [4.78, 5) is 35.1. The number of carbonyl (C=O) groups excluding carboxylic acids is 2. The minimum atomic E-state index is -0.722. The monoisotopic (exact) mass is 347 g/mol. The van der Waals surface area contributed by atoms with E-state index in [9.17, 15) is 14.4 Å². The highest BCUT2D eigenvalue weighted by atomic mass is 16.5. The van der Waals surface area contributed by atoms with Gasteiger partial charge in [-0.05, 0) is 24.1 Å². The average molecular weight is 347 g/mol. The molecule has 0 saturated carbocycles. The van der Waals surface area contributed by atoms with Gasteiger partial charge in [-0.3, -0.25) is 4.79 Å². The van der Waals surface area contributed by atoms with Gasteiger partial charge in [0, 0.05) is 17.5 Å². The van der Waals surface area contributed by atoms with Gasteiger partial charge in [-0.1, -0.05) is 20.3 Å². The lowest BCUT2D eigenvalue weighted by molar-refractivity contribution is -0.146. The summed E-state index contributed by atoms with van der Waals surface area (Å²) in [7, 11) is 1.28. The number of amides is 1. The Bertz CT molecular complexity index is 813. The molecular weight excluding hydrogens is 326 g/mol. The van der Waals surface area contributed by atoms with E-state index < -0.39 is 23.5 Å². The van der Waals surface area contributed by atoms with Crippen molar-refractivity contribution in [2.75, 3.05) is 13.7 Å². The summed E-state index contributed by atoms with van der Waals surface area (Å²) in [6.07, 6.45) is 0.713. The zero-order valence-corrected chi connectivity index (χ0v) is 14.4. The van der Waals surface area contributed by atoms with Crippen molar-refractivity contribution in [3.05, 3.63) is 40.8 Å². The fraction of sp³-hybridized carbons (Fsp3) is 0.389. The van der Waals surface area contributed by atoms with Crippen LogP contribution in [0.2, 0.25) is 0 Å². The summed E-state index contributed by atoms with van der Waals surface area (Å²) in [5.41, 5.74) is -0.0886. The normalized spacial score (nSPS) is 13.1. The van der Waals surface area contributed by atoms with Crippen LogP contribution in [0.1, 0.15) is 20.3 Å². The van der Waals surface area contributed by atoms with Crippen LogP contribution in [-0.2, 0) is 14.3 Å². The molecule has 7 heteroatoms. The van der Waals surface area contributed by atoms with Gasteiger partial charge < -0.3 is 19.2 Å². The number of nitrogens with one attached hydrogen (secondary N) is 1. The molecule has 2 atom stereocenters. The number of hydrogen-bond acceptors (Lipinski definition) is 6. The van der Waals surface area contributed by atoms with Crippen LogP contribution in [0.4, 0.5) is 0 Å². The Hall–Kier alpha value is -2.83. The van der Waals surface area contributed by atoms with Gasteiger partial charge in [-0.15, -0.1) is 0 Å². The van der Waals surface area contributed by atoms with E-state index in [0.29, 0.717) is 17.8 Å². The van der Waals surface area contributed by atoms with Crippen molar-refractivity contribution in [1.82, 2.24) is 5.32 Å². The maximum absolute atomic E-state index is 12.1. The molecule has 0 fully saturated rings. The number of hydrogen-bond donors (Lipinski definition) is 1. The van der Waals surface area contributed by atoms with E-state index in [1.165, 1.54) is 19.2 Å². The first kappa shape index (κ1) is 18.5. The van der Waals surface area contributed by atoms with Crippen molar-refractivity contribution in [3.8, 4) is 5.75 Å². The highest BCUT2D eigenvalue weighted by Crippen LogP contribution is 2.19. The molecule has 1 heterocycles. The molecule has 1 aromatic carbocycles. The molecule has 1 aromatic heterocycles. The van der Waals surface area contributed by atoms with Crippen LogP contribution in [-0.4, -0.2) is 31.6 Å². The number of rotatable bonds is 7. The van der Waals surface area contributed by atoms with E-state index in [1.54, 1.807) is 18.2 Å². The zero-order chi connectivity index (χ0) is 18.4. The van der Waals surface area contributed by atoms with E-state index in [4.69, 9.17) is 13.9 Å². The Balaban J connectivity index is 2.01. The minimum absolute atomic E-state index is 0.0636. The summed E-state index contributed by atoms with van der Waals surface area (Å²) in [6, 6.07) is 7.18. The summed E-state index contributed by atoms with van der Waals surface area (Å²) in [6.45, 7) is 3.51. The molecule has 0 saturated heterocycles. The summed E-state index contributed by atoms with van der Waals surface area (Å²) < 4.78 is 15.2. The van der Waals surface area contributed by atoms with E-state index in [-0.39, 0.29) is 12.5 Å². The van der Waals surface area contributed by atoms with E-state index in [1.807, 2.05) is 13.8 Å². The smallest absolute Gasteiger partial charge is 0.336 e. The highest BCUT2D eigenvalue weighted by molar-refractivity contribution is 5.85. The number of ether oxygens (including phenoxy) is 2. The SMILES string of the molecule is CC[C@@H](C)[C@@H](NC(=O)COc1ccc2ccc(=O)oc2c1)C(=O)OC. The zero-order valence-electron chi connectivity index (χ0n) is 14.4. The van der Waals surface area contributed by atoms with Crippen molar-refractivity contribution in [1.29, 1.82) is 0 Å². The maximum Gasteiger partial charge on any atom is 0.336 e. The third kappa shape index (κ3) is 4.82. The van der Waals surface area contributed by atoms with Crippen LogP contribution < -0.4 is 15.7 Å².